The highest BCUT2D eigenvalue weighted by Gasteiger charge is 2.33. The Morgan fingerprint density at radius 2 is 1.65 bits per heavy atom. The van der Waals surface area contributed by atoms with E-state index in [0.29, 0.717) is 12.1 Å². The van der Waals surface area contributed by atoms with Crippen molar-refractivity contribution in [3.05, 3.63) is 34.3 Å². The molecule has 0 unspecified atom stereocenters. The van der Waals surface area contributed by atoms with E-state index < -0.39 is 30.6 Å². The molecule has 0 saturated carbocycles. The Balaban J connectivity index is 3.06. The fourth-order valence-corrected chi connectivity index (χ4v) is 1.54. The summed E-state index contributed by atoms with van der Waals surface area (Å²) in [5.74, 6) is -3.24. The standard InChI is InChI=1S/C10H9ClF5N/c11-8-2-6(4-9(12,13)5-17)1-7(3-8)10(14,15)16/h1-3H,4-5,17H2. The molecule has 0 atom stereocenters. The van der Waals surface area contributed by atoms with Crippen LogP contribution in [0.4, 0.5) is 22.0 Å². The number of benzene rings is 1. The lowest BCUT2D eigenvalue weighted by Gasteiger charge is -2.15. The molecule has 1 aromatic rings. The summed E-state index contributed by atoms with van der Waals surface area (Å²) >= 11 is 5.45. The minimum Gasteiger partial charge on any atom is -0.325 e. The van der Waals surface area contributed by atoms with Crippen LogP contribution in [0.2, 0.25) is 5.02 Å². The molecule has 0 spiro atoms. The van der Waals surface area contributed by atoms with Crippen LogP contribution in [0.3, 0.4) is 0 Å². The fourth-order valence-electron chi connectivity index (χ4n) is 1.29. The maximum absolute atomic E-state index is 12.9. The molecule has 0 aliphatic carbocycles. The predicted octanol–water partition coefficient (Wildman–Crippen LogP) is 3.50. The number of hydrogen-bond donors (Lipinski definition) is 1. The van der Waals surface area contributed by atoms with Crippen LogP contribution < -0.4 is 5.73 Å². The van der Waals surface area contributed by atoms with Gasteiger partial charge in [-0.1, -0.05) is 11.6 Å². The van der Waals surface area contributed by atoms with Crippen LogP contribution in [0.5, 0.6) is 0 Å². The van der Waals surface area contributed by atoms with E-state index in [4.69, 9.17) is 17.3 Å². The molecular weight excluding hydrogens is 265 g/mol. The van der Waals surface area contributed by atoms with E-state index in [0.717, 1.165) is 6.07 Å². The lowest BCUT2D eigenvalue weighted by atomic mass is 10.0. The van der Waals surface area contributed by atoms with Crippen molar-refractivity contribution in [2.75, 3.05) is 6.54 Å². The molecule has 0 aliphatic rings. The first kappa shape index (κ1) is 14.2. The zero-order chi connectivity index (χ0) is 13.3. The molecule has 1 aromatic carbocycles. The largest absolute Gasteiger partial charge is 0.416 e. The fraction of sp³-hybridized carbons (Fsp3) is 0.400. The molecule has 0 bridgehead atoms. The van der Waals surface area contributed by atoms with Crippen molar-refractivity contribution in [1.82, 2.24) is 0 Å². The number of nitrogens with two attached hydrogens (primary N) is 1. The molecule has 0 amide bonds. The van der Waals surface area contributed by atoms with Crippen LogP contribution in [0.15, 0.2) is 18.2 Å². The monoisotopic (exact) mass is 273 g/mol. The lowest BCUT2D eigenvalue weighted by molar-refractivity contribution is -0.137. The van der Waals surface area contributed by atoms with E-state index in [1.54, 1.807) is 0 Å². The van der Waals surface area contributed by atoms with Crippen LogP contribution in [0.25, 0.3) is 0 Å². The zero-order valence-corrected chi connectivity index (χ0v) is 9.25. The van der Waals surface area contributed by atoms with E-state index >= 15 is 0 Å². The Bertz CT molecular complexity index is 402. The van der Waals surface area contributed by atoms with Gasteiger partial charge >= 0.3 is 6.18 Å². The maximum atomic E-state index is 12.9. The molecule has 17 heavy (non-hydrogen) atoms. The predicted molar refractivity (Wildman–Crippen MR) is 54.2 cm³/mol. The van der Waals surface area contributed by atoms with Crippen molar-refractivity contribution < 1.29 is 22.0 Å². The Morgan fingerprint density at radius 3 is 2.12 bits per heavy atom. The van der Waals surface area contributed by atoms with Crippen molar-refractivity contribution in [3.63, 3.8) is 0 Å². The molecule has 7 heteroatoms. The summed E-state index contributed by atoms with van der Waals surface area (Å²) < 4.78 is 63.1. The van der Waals surface area contributed by atoms with Crippen molar-refractivity contribution >= 4 is 11.6 Å². The minimum absolute atomic E-state index is 0.194. The zero-order valence-electron chi connectivity index (χ0n) is 8.49. The normalized spacial score (nSPS) is 12.9. The van der Waals surface area contributed by atoms with E-state index in [2.05, 4.69) is 0 Å². The van der Waals surface area contributed by atoms with Gasteiger partial charge in [-0.05, 0) is 23.8 Å². The molecule has 0 radical (unpaired) electrons. The van der Waals surface area contributed by atoms with Gasteiger partial charge in [-0.15, -0.1) is 0 Å². The summed E-state index contributed by atoms with van der Waals surface area (Å²) in [6, 6.07) is 2.40. The van der Waals surface area contributed by atoms with Gasteiger partial charge in [-0.25, -0.2) is 8.78 Å². The molecule has 2 N–H and O–H groups in total. The van der Waals surface area contributed by atoms with Crippen LogP contribution in [-0.4, -0.2) is 12.5 Å². The maximum Gasteiger partial charge on any atom is 0.416 e. The van der Waals surface area contributed by atoms with Crippen LogP contribution in [0, 0.1) is 0 Å². The van der Waals surface area contributed by atoms with Crippen molar-refractivity contribution in [2.45, 2.75) is 18.5 Å². The summed E-state index contributed by atoms with van der Waals surface area (Å²) in [5.41, 5.74) is 3.57. The van der Waals surface area contributed by atoms with Crippen molar-refractivity contribution in [3.8, 4) is 0 Å². The number of rotatable bonds is 3. The Kier molecular flexibility index (Phi) is 3.99. The average Bonchev–Trinajstić information content (AvgIpc) is 2.14. The van der Waals surface area contributed by atoms with Crippen LogP contribution >= 0.6 is 11.6 Å². The average molecular weight is 274 g/mol. The molecule has 96 valence electrons. The first-order valence-electron chi connectivity index (χ1n) is 4.58. The Labute approximate surface area is 99.4 Å². The second kappa shape index (κ2) is 4.78. The second-order valence-corrected chi connectivity index (χ2v) is 4.02. The highest BCUT2D eigenvalue weighted by molar-refractivity contribution is 6.30. The summed E-state index contributed by atoms with van der Waals surface area (Å²) in [6.07, 6.45) is -5.48. The summed E-state index contributed by atoms with van der Waals surface area (Å²) in [6.45, 7) is -0.930. The lowest BCUT2D eigenvalue weighted by Crippen LogP contribution is -2.30. The molecule has 0 fully saturated rings. The number of alkyl halides is 5. The van der Waals surface area contributed by atoms with Crippen LogP contribution in [-0.2, 0) is 12.6 Å². The van der Waals surface area contributed by atoms with Gasteiger partial charge in [0.15, 0.2) is 0 Å². The Morgan fingerprint density at radius 1 is 1.06 bits per heavy atom. The highest BCUT2D eigenvalue weighted by Crippen LogP contribution is 2.33. The molecular formula is C10H9ClF5N. The molecule has 0 saturated heterocycles. The quantitative estimate of drug-likeness (QED) is 0.838. The van der Waals surface area contributed by atoms with Gasteiger partial charge < -0.3 is 5.73 Å². The molecule has 0 aromatic heterocycles. The molecule has 0 aliphatic heterocycles. The van der Waals surface area contributed by atoms with Crippen molar-refractivity contribution in [1.29, 1.82) is 0 Å². The van der Waals surface area contributed by atoms with Gasteiger partial charge in [0, 0.05) is 11.4 Å². The third-order valence-electron chi connectivity index (χ3n) is 2.05. The number of halogens is 6. The van der Waals surface area contributed by atoms with Gasteiger partial charge in [0.05, 0.1) is 12.1 Å². The third-order valence-corrected chi connectivity index (χ3v) is 2.26. The molecule has 0 heterocycles. The topological polar surface area (TPSA) is 26.0 Å². The van der Waals surface area contributed by atoms with Gasteiger partial charge in [0.2, 0.25) is 0 Å². The van der Waals surface area contributed by atoms with Gasteiger partial charge in [-0.3, -0.25) is 0 Å². The highest BCUT2D eigenvalue weighted by atomic mass is 35.5. The van der Waals surface area contributed by atoms with Crippen LogP contribution in [0.1, 0.15) is 11.1 Å². The van der Waals surface area contributed by atoms with Gasteiger partial charge in [-0.2, -0.15) is 13.2 Å². The summed E-state index contributed by atoms with van der Waals surface area (Å²) in [7, 11) is 0. The van der Waals surface area contributed by atoms with E-state index in [9.17, 15) is 22.0 Å². The summed E-state index contributed by atoms with van der Waals surface area (Å²) in [5, 5.41) is -0.234. The third kappa shape index (κ3) is 4.12. The van der Waals surface area contributed by atoms with Crippen molar-refractivity contribution in [2.24, 2.45) is 5.73 Å². The molecule has 1 rings (SSSR count). The second-order valence-electron chi connectivity index (χ2n) is 3.58. The first-order chi connectivity index (χ1) is 7.64. The number of hydrogen-bond acceptors (Lipinski definition) is 1. The minimum atomic E-state index is -4.61. The molecule has 1 nitrogen and oxygen atoms in total. The Hall–Kier alpha value is -0.880. The van der Waals surface area contributed by atoms with E-state index in [-0.39, 0.29) is 10.6 Å². The SMILES string of the molecule is NCC(F)(F)Cc1cc(Cl)cc(C(F)(F)F)c1. The first-order valence-corrected chi connectivity index (χ1v) is 4.96. The van der Waals surface area contributed by atoms with E-state index in [1.165, 1.54) is 0 Å². The smallest absolute Gasteiger partial charge is 0.325 e. The van der Waals surface area contributed by atoms with Gasteiger partial charge in [0.25, 0.3) is 5.92 Å². The van der Waals surface area contributed by atoms with E-state index in [1.807, 2.05) is 0 Å². The van der Waals surface area contributed by atoms with Gasteiger partial charge in [0.1, 0.15) is 0 Å². The summed E-state index contributed by atoms with van der Waals surface area (Å²) in [4.78, 5) is 0.